The van der Waals surface area contributed by atoms with Gasteiger partial charge in [0.1, 0.15) is 23.3 Å². The summed E-state index contributed by atoms with van der Waals surface area (Å²) in [5, 5.41) is 21.0. The van der Waals surface area contributed by atoms with Crippen molar-refractivity contribution in [3.8, 4) is 23.6 Å². The fourth-order valence-corrected chi connectivity index (χ4v) is 9.17. The van der Waals surface area contributed by atoms with Crippen LogP contribution in [0, 0.1) is 22.7 Å². The molecule has 36 heavy (non-hydrogen) atoms. The number of allylic oxidation sites excluding steroid dienone is 1. The lowest BCUT2D eigenvalue weighted by molar-refractivity contribution is 0.0485. The van der Waals surface area contributed by atoms with Crippen LogP contribution in [0.5, 0.6) is 11.5 Å². The molecular formula is C28H31BrN2O4Si. The molecule has 4 rings (SSSR count). The number of rotatable bonds is 9. The predicted octanol–water partition coefficient (Wildman–Crippen LogP) is 5.63. The molecule has 0 bridgehead atoms. The van der Waals surface area contributed by atoms with Gasteiger partial charge in [-0.15, -0.1) is 0 Å². The Hall–Kier alpha value is -2.62. The minimum Gasteiger partial charge on any atom is -0.493 e. The Labute approximate surface area is 222 Å². The van der Waals surface area contributed by atoms with E-state index in [1.807, 2.05) is 18.2 Å². The monoisotopic (exact) mass is 566 g/mol. The van der Waals surface area contributed by atoms with E-state index in [4.69, 9.17) is 18.9 Å². The second-order valence-corrected chi connectivity index (χ2v) is 15.5. The Morgan fingerprint density at radius 1 is 1.14 bits per heavy atom. The Kier molecular flexibility index (Phi) is 7.92. The highest BCUT2D eigenvalue weighted by molar-refractivity contribution is 9.10. The summed E-state index contributed by atoms with van der Waals surface area (Å²) in [7, 11) is 1.32. The number of hydrogen-bond donors (Lipinski definition) is 0. The molecule has 0 amide bonds. The van der Waals surface area contributed by atoms with Gasteiger partial charge in [0.05, 0.1) is 25.8 Å². The first-order valence-corrected chi connectivity index (χ1v) is 15.9. The number of epoxide rings is 1. The first-order valence-electron chi connectivity index (χ1n) is 12.1. The predicted molar refractivity (Wildman–Crippen MR) is 144 cm³/mol. The second kappa shape index (κ2) is 10.8. The molecule has 0 unspecified atom stereocenters. The Morgan fingerprint density at radius 3 is 2.50 bits per heavy atom. The minimum atomic E-state index is -1.85. The van der Waals surface area contributed by atoms with Crippen LogP contribution in [0.3, 0.4) is 0 Å². The first-order chi connectivity index (χ1) is 17.3. The van der Waals surface area contributed by atoms with Crippen LogP contribution in [0.1, 0.15) is 24.8 Å². The number of fused-ring (bicyclic) bond motifs is 1. The van der Waals surface area contributed by atoms with Gasteiger partial charge in [-0.3, -0.25) is 0 Å². The summed E-state index contributed by atoms with van der Waals surface area (Å²) in [5.74, 6) is 1.21. The highest BCUT2D eigenvalue weighted by atomic mass is 79.9. The van der Waals surface area contributed by atoms with E-state index in [-0.39, 0.29) is 18.5 Å². The summed E-state index contributed by atoms with van der Waals surface area (Å²) in [5.41, 5.74) is 1.98. The van der Waals surface area contributed by atoms with Crippen molar-refractivity contribution in [2.75, 3.05) is 21.0 Å². The number of methoxy groups -OCH3 is 2. The van der Waals surface area contributed by atoms with E-state index in [1.165, 1.54) is 5.19 Å². The zero-order valence-corrected chi connectivity index (χ0v) is 23.7. The summed E-state index contributed by atoms with van der Waals surface area (Å²) in [6, 6.07) is 18.9. The number of benzene rings is 2. The van der Waals surface area contributed by atoms with E-state index in [2.05, 4.69) is 65.4 Å². The van der Waals surface area contributed by atoms with Crippen molar-refractivity contribution >= 4 is 29.2 Å². The number of ether oxygens (including phenoxy) is 4. The third kappa shape index (κ3) is 4.84. The summed E-state index contributed by atoms with van der Waals surface area (Å²) in [6.07, 6.45) is 3.09. The van der Waals surface area contributed by atoms with Gasteiger partial charge in [0.15, 0.2) is 18.3 Å². The molecule has 2 aromatic rings. The van der Waals surface area contributed by atoms with Gasteiger partial charge in [-0.25, -0.2) is 0 Å². The molecule has 0 aromatic heterocycles. The summed E-state index contributed by atoms with van der Waals surface area (Å²) < 4.78 is 23.5. The first kappa shape index (κ1) is 26.4. The van der Waals surface area contributed by atoms with Crippen molar-refractivity contribution in [1.29, 1.82) is 10.5 Å². The van der Waals surface area contributed by atoms with Crippen molar-refractivity contribution in [3.63, 3.8) is 0 Å². The number of halogens is 1. The molecule has 1 saturated carbocycles. The Balaban J connectivity index is 1.61. The van der Waals surface area contributed by atoms with Crippen LogP contribution >= 0.6 is 15.9 Å². The average Bonchev–Trinajstić information content (AvgIpc) is 3.63. The largest absolute Gasteiger partial charge is 0.493 e. The molecule has 0 radical (unpaired) electrons. The minimum absolute atomic E-state index is 0.0275. The maximum absolute atomic E-state index is 9.82. The van der Waals surface area contributed by atoms with Gasteiger partial charge in [0, 0.05) is 7.11 Å². The van der Waals surface area contributed by atoms with Gasteiger partial charge in [0.2, 0.25) is 0 Å². The molecule has 1 heterocycles. The third-order valence-electron chi connectivity index (χ3n) is 7.79. The average molecular weight is 568 g/mol. The molecule has 0 N–H and O–H groups in total. The summed E-state index contributed by atoms with van der Waals surface area (Å²) in [4.78, 5) is 0. The molecule has 2 aromatic carbocycles. The van der Waals surface area contributed by atoms with Crippen LogP contribution in [-0.2, 0) is 15.9 Å². The van der Waals surface area contributed by atoms with E-state index < -0.39 is 13.7 Å². The van der Waals surface area contributed by atoms with Crippen LogP contribution < -0.4 is 14.7 Å². The molecule has 1 aliphatic heterocycles. The maximum Gasteiger partial charge on any atom is 0.188 e. The van der Waals surface area contributed by atoms with E-state index in [0.717, 1.165) is 28.5 Å². The van der Waals surface area contributed by atoms with Crippen molar-refractivity contribution in [2.45, 2.75) is 56.0 Å². The molecule has 6 nitrogen and oxygen atoms in total. The summed E-state index contributed by atoms with van der Waals surface area (Å²) in [6.45, 7) is 4.87. The SMILES string of the molecule is COCOc1c(OC)ccc(CC[C@]23O[C@H]2C[C@H]([Si](C)(C)c2ccccc2)CC3=C(C#N)C#N)c1Br. The fraction of sp³-hybridized carbons (Fsp3) is 0.429. The van der Waals surface area contributed by atoms with Crippen LogP contribution in [0.25, 0.3) is 0 Å². The second-order valence-electron chi connectivity index (χ2n) is 9.92. The topological polar surface area (TPSA) is 87.8 Å². The molecule has 2 aliphatic rings. The lowest BCUT2D eigenvalue weighted by Gasteiger charge is -2.37. The molecule has 0 spiro atoms. The Morgan fingerprint density at radius 2 is 1.86 bits per heavy atom. The zero-order valence-electron chi connectivity index (χ0n) is 21.1. The third-order valence-corrected chi connectivity index (χ3v) is 13.0. The molecule has 3 atom stereocenters. The molecule has 8 heteroatoms. The van der Waals surface area contributed by atoms with E-state index in [9.17, 15) is 10.5 Å². The van der Waals surface area contributed by atoms with E-state index >= 15 is 0 Å². The fourth-order valence-electron chi connectivity index (χ4n) is 5.49. The Bertz CT molecular complexity index is 1220. The van der Waals surface area contributed by atoms with Crippen LogP contribution in [-0.4, -0.2) is 40.8 Å². The smallest absolute Gasteiger partial charge is 0.188 e. The number of nitrogens with zero attached hydrogens (tertiary/aromatic N) is 2. The molecule has 1 saturated heterocycles. The number of aryl methyl sites for hydroxylation is 1. The lowest BCUT2D eigenvalue weighted by atomic mass is 9.78. The van der Waals surface area contributed by atoms with Gasteiger partial charge in [-0.1, -0.05) is 54.7 Å². The zero-order chi connectivity index (χ0) is 25.9. The van der Waals surface area contributed by atoms with Gasteiger partial charge in [-0.2, -0.15) is 10.5 Å². The standard InChI is InChI=1S/C28H31BrN2O4Si/c1-32-18-34-27-24(33-2)11-10-19(26(27)29)12-13-28-23(20(16-30)17-31)14-22(15-25(28)35-28)36(3,4)21-8-6-5-7-9-21/h5-11,22,25H,12-15,18H2,1-4H3/t22-,25+,28-/m1/s1. The van der Waals surface area contributed by atoms with Crippen LogP contribution in [0.4, 0.5) is 0 Å². The quantitative estimate of drug-likeness (QED) is 0.169. The molecule has 1 aliphatic carbocycles. The number of hydrogen-bond acceptors (Lipinski definition) is 6. The molecule has 2 fully saturated rings. The van der Waals surface area contributed by atoms with Gasteiger partial charge < -0.3 is 18.9 Å². The normalized spacial score (nSPS) is 22.7. The van der Waals surface area contributed by atoms with Gasteiger partial charge >= 0.3 is 0 Å². The summed E-state index contributed by atoms with van der Waals surface area (Å²) >= 11 is 3.68. The van der Waals surface area contributed by atoms with Gasteiger partial charge in [0.25, 0.3) is 0 Å². The van der Waals surface area contributed by atoms with Crippen LogP contribution in [0.15, 0.2) is 58.1 Å². The van der Waals surface area contributed by atoms with Crippen LogP contribution in [0.2, 0.25) is 18.6 Å². The van der Waals surface area contributed by atoms with E-state index in [1.54, 1.807) is 14.2 Å². The van der Waals surface area contributed by atoms with Crippen molar-refractivity contribution < 1.29 is 18.9 Å². The van der Waals surface area contributed by atoms with Crippen molar-refractivity contribution in [2.24, 2.45) is 0 Å². The van der Waals surface area contributed by atoms with E-state index in [0.29, 0.717) is 29.9 Å². The maximum atomic E-state index is 9.82. The van der Waals surface area contributed by atoms with Crippen molar-refractivity contribution in [1.82, 2.24) is 0 Å². The number of nitriles is 2. The highest BCUT2D eigenvalue weighted by Gasteiger charge is 2.63. The molecule has 188 valence electrons. The van der Waals surface area contributed by atoms with Gasteiger partial charge in [-0.05, 0) is 64.4 Å². The highest BCUT2D eigenvalue weighted by Crippen LogP contribution is 2.59. The molecular weight excluding hydrogens is 536 g/mol. The lowest BCUT2D eigenvalue weighted by Crippen LogP contribution is -2.48. The van der Waals surface area contributed by atoms with Crippen molar-refractivity contribution in [3.05, 3.63) is 63.6 Å².